The van der Waals surface area contributed by atoms with E-state index in [0.717, 1.165) is 75.6 Å². The van der Waals surface area contributed by atoms with Crippen LogP contribution in [0.3, 0.4) is 0 Å². The normalized spacial score (nSPS) is 15.8. The molecular weight excluding hydrogens is 900 g/mol. The van der Waals surface area contributed by atoms with Crippen molar-refractivity contribution in [1.82, 2.24) is 26.3 Å². The molecule has 0 bridgehead atoms. The summed E-state index contributed by atoms with van der Waals surface area (Å²) in [7, 11) is 3.28. The van der Waals surface area contributed by atoms with Gasteiger partial charge in [-0.3, -0.25) is 14.4 Å². The topological polar surface area (TPSA) is 258 Å². The van der Waals surface area contributed by atoms with Gasteiger partial charge in [0.1, 0.15) is 12.6 Å². The number of likely N-dealkylation sites (N-methyl/N-ethyl adjacent to an activating group) is 1. The van der Waals surface area contributed by atoms with Crippen LogP contribution in [0.25, 0.3) is 0 Å². The number of rotatable bonds is 24. The zero-order valence-electron chi connectivity index (χ0n) is 44.0. The van der Waals surface area contributed by atoms with Gasteiger partial charge in [-0.2, -0.15) is 12.3 Å². The molecule has 0 aromatic heterocycles. The fraction of sp³-hybridized carbons (Fsp3) is 0.714. The Labute approximate surface area is 451 Å². The first-order valence-electron chi connectivity index (χ1n) is 24.0. The number of methoxy groups -OCH3 is 1. The number of carbonyl (C=O) groups excluding carboxylic acids is 4. The molecule has 4 amide bonds. The van der Waals surface area contributed by atoms with E-state index in [4.69, 9.17) is 26.2 Å². The van der Waals surface area contributed by atoms with Crippen LogP contribution in [0.5, 0.6) is 0 Å². The number of anilines is 1. The summed E-state index contributed by atoms with van der Waals surface area (Å²) in [5.41, 5.74) is 8.19. The van der Waals surface area contributed by atoms with E-state index in [2.05, 4.69) is 70.7 Å². The number of fused-ring (bicyclic) bond motifs is 1. The second-order valence-corrected chi connectivity index (χ2v) is 18.2. The summed E-state index contributed by atoms with van der Waals surface area (Å²) in [5.74, 6) is 7.46. The first kappa shape index (κ1) is 67.1. The van der Waals surface area contributed by atoms with E-state index in [1.807, 2.05) is 41.7 Å². The Morgan fingerprint density at radius 1 is 0.897 bits per heavy atom. The van der Waals surface area contributed by atoms with Crippen molar-refractivity contribution in [1.29, 1.82) is 0 Å². The predicted molar refractivity (Wildman–Crippen MR) is 264 cm³/mol. The van der Waals surface area contributed by atoms with Crippen LogP contribution < -0.4 is 89.5 Å². The Kier molecular flexibility index (Phi) is 37.2. The summed E-state index contributed by atoms with van der Waals surface area (Å²) >= 11 is 0. The van der Waals surface area contributed by atoms with Crippen molar-refractivity contribution in [3.05, 3.63) is 47.1 Å². The number of hydrogen-bond donors (Lipinski definition) is 8. The van der Waals surface area contributed by atoms with E-state index in [1.165, 1.54) is 26.4 Å². The van der Waals surface area contributed by atoms with Gasteiger partial charge in [-0.25, -0.2) is 21.9 Å². The van der Waals surface area contributed by atoms with Crippen molar-refractivity contribution in [2.75, 3.05) is 58.9 Å². The summed E-state index contributed by atoms with van der Waals surface area (Å²) in [6, 6.07) is 5.59. The summed E-state index contributed by atoms with van der Waals surface area (Å²) in [4.78, 5) is 59.2. The van der Waals surface area contributed by atoms with Crippen LogP contribution in [-0.4, -0.2) is 111 Å². The van der Waals surface area contributed by atoms with E-state index >= 15 is 0 Å². The quantitative estimate of drug-likeness (QED) is 0.0181. The number of alkyl carbamates (subject to hydrolysis) is 1. The molecule has 19 heteroatoms. The molecule has 1 aromatic carbocycles. The van der Waals surface area contributed by atoms with E-state index < -0.39 is 35.2 Å². The number of unbranched alkanes of at least 4 members (excludes halogenated alkanes) is 1. The maximum Gasteiger partial charge on any atom is 1.00 e. The molecular formula is C49H89KN8O10. The van der Waals surface area contributed by atoms with Crippen molar-refractivity contribution in [3.8, 4) is 0 Å². The van der Waals surface area contributed by atoms with Crippen LogP contribution >= 0.6 is 0 Å². The Hall–Kier alpha value is -3.01. The number of hydrogen-bond acceptors (Lipinski definition) is 13. The van der Waals surface area contributed by atoms with Crippen LogP contribution in [0, 0.1) is 17.8 Å². The number of carboxylic acid groups (broad SMARTS) is 1. The maximum atomic E-state index is 13.0. The van der Waals surface area contributed by atoms with Crippen LogP contribution in [-0.2, 0) is 39.9 Å². The summed E-state index contributed by atoms with van der Waals surface area (Å²) in [6.45, 7) is 23.2. The number of nitrogens with two attached hydrogens (primary N) is 2. The molecule has 68 heavy (non-hydrogen) atoms. The Morgan fingerprint density at radius 3 is 2.09 bits per heavy atom. The Morgan fingerprint density at radius 2 is 1.54 bits per heavy atom. The smallest absolute Gasteiger partial charge is 0.453 e. The van der Waals surface area contributed by atoms with Gasteiger partial charge in [0.15, 0.2) is 0 Å². The fourth-order valence-corrected chi connectivity index (χ4v) is 6.35. The molecule has 0 radical (unpaired) electrons. The number of nitrogens with zero attached hydrogens (tertiary/aromatic N) is 1. The van der Waals surface area contributed by atoms with Gasteiger partial charge in [0.25, 0.3) is 0 Å². The third kappa shape index (κ3) is 31.3. The number of carbonyl (C=O) groups is 5. The zero-order chi connectivity index (χ0) is 51.0. The molecule has 2 unspecified atom stereocenters. The van der Waals surface area contributed by atoms with Crippen molar-refractivity contribution in [2.45, 2.75) is 164 Å². The molecule has 0 aliphatic heterocycles. The van der Waals surface area contributed by atoms with Crippen LogP contribution in [0.4, 0.5) is 15.3 Å². The van der Waals surface area contributed by atoms with Crippen LogP contribution in [0.15, 0.2) is 35.7 Å². The zero-order valence-corrected chi connectivity index (χ0v) is 47.1. The largest absolute Gasteiger partial charge is 1.00 e. The fourth-order valence-electron chi connectivity index (χ4n) is 6.35. The molecule has 3 rings (SSSR count). The standard InChI is InChI=1S/C34H53N6O7.C6H15NO.C5H11NO2.C4H10.K/c1-21(2)30(31(43)37-19-29(42)38-25-11-7-22(8-12-25)20-46-32(44)45)39-28(41)18-34(5,6)47-16-15-33(3,4)40(36)27-14-10-24-17-23(24)9-13-26(27)35;1-3-5-8-6-4-7-2;1-3-4-6-5(7)8-2;1-3-4-2;/h7-8,11-12,21,24,30H,9-10,13-20,35-36H2,1-6H3,(H,37,43)(H,38,42)(H,39,41)(H,44,45);7H,3-6H2,1-2H3;3-4H2,1-2H3,(H,6,7);3-4H2,1-2H3;/q-1;;;;+1/b27-26-;;;;. The molecule has 1 saturated carbocycles. The van der Waals surface area contributed by atoms with Crippen LogP contribution in [0.2, 0.25) is 0 Å². The minimum atomic E-state index is -1.37. The van der Waals surface area contributed by atoms with E-state index in [-0.39, 0.29) is 88.9 Å². The molecule has 386 valence electrons. The third-order valence-corrected chi connectivity index (χ3v) is 10.8. The van der Waals surface area contributed by atoms with Gasteiger partial charge in [-0.1, -0.05) is 72.9 Å². The summed E-state index contributed by atoms with van der Waals surface area (Å²) in [6.07, 6.45) is 8.67. The first-order valence-corrected chi connectivity index (χ1v) is 24.0. The molecule has 18 nitrogen and oxygen atoms in total. The second-order valence-electron chi connectivity index (χ2n) is 18.2. The van der Waals surface area contributed by atoms with E-state index in [1.54, 1.807) is 35.2 Å². The SMILES string of the molecule is CC(C)C(NC(=O)CC(C)(C)OCCC(C)(C)N(N)/C1=C(\N)CC[C-]2CC2CC1)C(=O)NCC(=O)Nc1ccc(COC(=O)O)cc1.CCCC.CCCNC(=O)OC.CCCOCCNC.[K+]. The Balaban J connectivity index is 0. The monoisotopic (exact) mass is 989 g/mol. The molecule has 2 aliphatic rings. The van der Waals surface area contributed by atoms with E-state index in [0.29, 0.717) is 30.8 Å². The number of nitrogens with one attached hydrogen (secondary N) is 5. The Bertz CT molecular complexity index is 1610. The summed E-state index contributed by atoms with van der Waals surface area (Å²) in [5, 5.41) is 24.0. The molecule has 1 aromatic rings. The van der Waals surface area contributed by atoms with Crippen molar-refractivity contribution in [3.63, 3.8) is 0 Å². The van der Waals surface area contributed by atoms with Gasteiger partial charge in [0.05, 0.1) is 37.8 Å². The molecule has 0 heterocycles. The summed E-state index contributed by atoms with van der Waals surface area (Å²) < 4.78 is 20.1. The van der Waals surface area contributed by atoms with Gasteiger partial charge < -0.3 is 67.3 Å². The van der Waals surface area contributed by atoms with Crippen LogP contribution in [0.1, 0.15) is 145 Å². The minimum Gasteiger partial charge on any atom is -0.453 e. The average Bonchev–Trinajstić information content (AvgIpc) is 4.03. The van der Waals surface area contributed by atoms with Gasteiger partial charge in [0, 0.05) is 43.4 Å². The maximum absolute atomic E-state index is 13.0. The van der Waals surface area contributed by atoms with Crippen molar-refractivity contribution >= 4 is 35.7 Å². The van der Waals surface area contributed by atoms with Gasteiger partial charge in [0.2, 0.25) is 17.7 Å². The number of hydrazine groups is 1. The van der Waals surface area contributed by atoms with Crippen molar-refractivity contribution in [2.24, 2.45) is 23.4 Å². The number of benzene rings is 1. The van der Waals surface area contributed by atoms with Crippen molar-refractivity contribution < 1.29 is 99.4 Å². The molecule has 0 saturated heterocycles. The average molecular weight is 989 g/mol. The molecule has 2 atom stereocenters. The second kappa shape index (κ2) is 37.8. The first-order chi connectivity index (χ1) is 31.6. The van der Waals surface area contributed by atoms with E-state index in [9.17, 15) is 24.0 Å². The van der Waals surface area contributed by atoms with Gasteiger partial charge >= 0.3 is 63.6 Å². The minimum absolute atomic E-state index is 0. The molecule has 0 spiro atoms. The molecule has 10 N–H and O–H groups in total. The number of allylic oxidation sites excluding steroid dienone is 2. The predicted octanol–water partition coefficient (Wildman–Crippen LogP) is 4.14. The number of amides is 4. The van der Waals surface area contributed by atoms with Gasteiger partial charge in [-0.15, -0.1) is 0 Å². The van der Waals surface area contributed by atoms with Gasteiger partial charge in [-0.05, 0) is 90.5 Å². The third-order valence-electron chi connectivity index (χ3n) is 10.8. The number of ether oxygens (including phenoxy) is 4. The molecule has 1 fully saturated rings. The molecule has 2 aliphatic carbocycles.